The molecule has 0 spiro atoms. The van der Waals surface area contributed by atoms with Gasteiger partial charge in [-0.05, 0) is 37.5 Å². The number of carbonyl (C=O) groups excluding carboxylic acids is 1. The maximum Gasteiger partial charge on any atom is 0.318 e. The highest BCUT2D eigenvalue weighted by molar-refractivity contribution is 5.75. The number of nitrogens with zero attached hydrogens (tertiary/aromatic N) is 3. The zero-order valence-corrected chi connectivity index (χ0v) is 15.1. The standard InChI is InChI=1S/C19H24N4O3/c1-13(15-11-20-22(2)12-15)21-19(24)23-7-3-4-16(23)14-5-6-17-18(10-14)26-9-8-25-17/h5-6,10-13,16H,3-4,7-9H2,1-2H3,(H,21,24). The van der Waals surface area contributed by atoms with Crippen molar-refractivity contribution in [2.75, 3.05) is 19.8 Å². The SMILES string of the molecule is CC(NC(=O)N1CCCC1c1ccc2c(c1)OCCO2)c1cnn(C)c1. The molecule has 0 bridgehead atoms. The normalized spacial score (nSPS) is 20.1. The second-order valence-electron chi connectivity index (χ2n) is 6.87. The highest BCUT2D eigenvalue weighted by Crippen LogP contribution is 2.38. The van der Waals surface area contributed by atoms with Crippen LogP contribution < -0.4 is 14.8 Å². The summed E-state index contributed by atoms with van der Waals surface area (Å²) in [4.78, 5) is 14.8. The van der Waals surface area contributed by atoms with Gasteiger partial charge in [0, 0.05) is 25.4 Å². The van der Waals surface area contributed by atoms with Crippen LogP contribution >= 0.6 is 0 Å². The molecule has 2 unspecified atom stereocenters. The Labute approximate surface area is 152 Å². The molecule has 4 rings (SSSR count). The number of carbonyl (C=O) groups is 1. The van der Waals surface area contributed by atoms with Gasteiger partial charge in [0.15, 0.2) is 11.5 Å². The van der Waals surface area contributed by atoms with Gasteiger partial charge in [-0.1, -0.05) is 6.07 Å². The highest BCUT2D eigenvalue weighted by atomic mass is 16.6. The average molecular weight is 356 g/mol. The predicted octanol–water partition coefficient (Wildman–Crippen LogP) is 2.80. The second-order valence-corrected chi connectivity index (χ2v) is 6.87. The summed E-state index contributed by atoms with van der Waals surface area (Å²) in [5.41, 5.74) is 2.09. The van der Waals surface area contributed by atoms with E-state index in [1.807, 2.05) is 43.3 Å². The van der Waals surface area contributed by atoms with Crippen LogP contribution in [0.4, 0.5) is 4.79 Å². The van der Waals surface area contributed by atoms with Crippen molar-refractivity contribution in [1.82, 2.24) is 20.0 Å². The van der Waals surface area contributed by atoms with Crippen molar-refractivity contribution in [2.45, 2.75) is 31.8 Å². The first kappa shape index (κ1) is 16.8. The van der Waals surface area contributed by atoms with Gasteiger partial charge >= 0.3 is 6.03 Å². The Morgan fingerprint density at radius 3 is 2.88 bits per heavy atom. The fourth-order valence-electron chi connectivity index (χ4n) is 3.64. The van der Waals surface area contributed by atoms with Crippen molar-refractivity contribution < 1.29 is 14.3 Å². The van der Waals surface area contributed by atoms with Crippen LogP contribution in [-0.2, 0) is 7.05 Å². The average Bonchev–Trinajstić information content (AvgIpc) is 3.30. The highest BCUT2D eigenvalue weighted by Gasteiger charge is 2.31. The summed E-state index contributed by atoms with van der Waals surface area (Å²) in [5.74, 6) is 1.55. The molecule has 138 valence electrons. The van der Waals surface area contributed by atoms with Crippen molar-refractivity contribution in [2.24, 2.45) is 7.05 Å². The Kier molecular flexibility index (Phi) is 4.44. The lowest BCUT2D eigenvalue weighted by Gasteiger charge is -2.28. The molecule has 2 aliphatic heterocycles. The van der Waals surface area contributed by atoms with E-state index in [4.69, 9.17) is 9.47 Å². The number of aryl methyl sites for hydroxylation is 1. The molecule has 7 heteroatoms. The number of hydrogen-bond donors (Lipinski definition) is 1. The Morgan fingerprint density at radius 1 is 1.31 bits per heavy atom. The summed E-state index contributed by atoms with van der Waals surface area (Å²) < 4.78 is 13.0. The third-order valence-electron chi connectivity index (χ3n) is 5.03. The number of benzene rings is 1. The van der Waals surface area contributed by atoms with Crippen molar-refractivity contribution >= 4 is 6.03 Å². The number of hydrogen-bond acceptors (Lipinski definition) is 4. The number of aromatic nitrogens is 2. The molecule has 1 saturated heterocycles. The minimum absolute atomic E-state index is 0.0428. The van der Waals surface area contributed by atoms with Gasteiger partial charge in [-0.3, -0.25) is 4.68 Å². The zero-order valence-electron chi connectivity index (χ0n) is 15.1. The van der Waals surface area contributed by atoms with Gasteiger partial charge in [-0.15, -0.1) is 0 Å². The van der Waals surface area contributed by atoms with E-state index in [2.05, 4.69) is 10.4 Å². The van der Waals surface area contributed by atoms with E-state index in [0.717, 1.165) is 42.0 Å². The van der Waals surface area contributed by atoms with Crippen molar-refractivity contribution in [3.8, 4) is 11.5 Å². The number of urea groups is 1. The molecule has 0 radical (unpaired) electrons. The molecule has 7 nitrogen and oxygen atoms in total. The molecule has 1 fully saturated rings. The summed E-state index contributed by atoms with van der Waals surface area (Å²) in [7, 11) is 1.87. The Balaban J connectivity index is 1.48. The maximum atomic E-state index is 12.8. The van der Waals surface area contributed by atoms with Crippen LogP contribution in [0.15, 0.2) is 30.6 Å². The third kappa shape index (κ3) is 3.21. The molecule has 2 aliphatic rings. The van der Waals surface area contributed by atoms with E-state index < -0.39 is 0 Å². The fraction of sp³-hybridized carbons (Fsp3) is 0.474. The summed E-state index contributed by atoms with van der Waals surface area (Å²) in [6.45, 7) is 3.87. The minimum atomic E-state index is -0.0854. The molecular weight excluding hydrogens is 332 g/mol. The zero-order chi connectivity index (χ0) is 18.1. The molecule has 0 saturated carbocycles. The number of amides is 2. The fourth-order valence-corrected chi connectivity index (χ4v) is 3.64. The lowest BCUT2D eigenvalue weighted by Crippen LogP contribution is -2.40. The largest absolute Gasteiger partial charge is 0.486 e. The first-order valence-electron chi connectivity index (χ1n) is 9.07. The number of nitrogens with one attached hydrogen (secondary N) is 1. The summed E-state index contributed by atoms with van der Waals surface area (Å²) >= 11 is 0. The van der Waals surface area contributed by atoms with Crippen LogP contribution in [0.3, 0.4) is 0 Å². The van der Waals surface area contributed by atoms with E-state index >= 15 is 0 Å². The van der Waals surface area contributed by atoms with Crippen LogP contribution in [0.5, 0.6) is 11.5 Å². The van der Waals surface area contributed by atoms with Crippen LogP contribution in [0.1, 0.15) is 43.0 Å². The number of rotatable bonds is 3. The van der Waals surface area contributed by atoms with Crippen LogP contribution in [0.2, 0.25) is 0 Å². The summed E-state index contributed by atoms with van der Waals surface area (Å²) in [5, 5.41) is 7.26. The Bertz CT molecular complexity index is 804. The number of ether oxygens (including phenoxy) is 2. The lowest BCUT2D eigenvalue weighted by atomic mass is 10.0. The number of fused-ring (bicyclic) bond motifs is 1. The summed E-state index contributed by atoms with van der Waals surface area (Å²) in [6.07, 6.45) is 5.66. The molecular formula is C19H24N4O3. The van der Waals surface area contributed by atoms with E-state index in [-0.39, 0.29) is 18.1 Å². The molecule has 1 aromatic carbocycles. The summed E-state index contributed by atoms with van der Waals surface area (Å²) in [6, 6.07) is 5.92. The minimum Gasteiger partial charge on any atom is -0.486 e. The first-order valence-corrected chi connectivity index (χ1v) is 9.07. The molecule has 26 heavy (non-hydrogen) atoms. The van der Waals surface area contributed by atoms with E-state index in [1.54, 1.807) is 10.9 Å². The Morgan fingerprint density at radius 2 is 2.12 bits per heavy atom. The van der Waals surface area contributed by atoms with E-state index in [1.165, 1.54) is 0 Å². The molecule has 3 heterocycles. The quantitative estimate of drug-likeness (QED) is 0.918. The molecule has 2 aromatic rings. The smallest absolute Gasteiger partial charge is 0.318 e. The second kappa shape index (κ2) is 6.90. The van der Waals surface area contributed by atoms with E-state index in [9.17, 15) is 4.79 Å². The van der Waals surface area contributed by atoms with Gasteiger partial charge in [0.25, 0.3) is 0 Å². The van der Waals surface area contributed by atoms with Crippen LogP contribution in [0.25, 0.3) is 0 Å². The monoisotopic (exact) mass is 356 g/mol. The van der Waals surface area contributed by atoms with Gasteiger partial charge in [-0.2, -0.15) is 5.10 Å². The topological polar surface area (TPSA) is 68.6 Å². The van der Waals surface area contributed by atoms with E-state index in [0.29, 0.717) is 13.2 Å². The van der Waals surface area contributed by atoms with Crippen molar-refractivity contribution in [3.63, 3.8) is 0 Å². The van der Waals surface area contributed by atoms with Gasteiger partial charge < -0.3 is 19.7 Å². The van der Waals surface area contributed by atoms with Gasteiger partial charge in [0.1, 0.15) is 13.2 Å². The molecule has 0 aliphatic carbocycles. The lowest BCUT2D eigenvalue weighted by molar-refractivity contribution is 0.170. The molecule has 1 N–H and O–H groups in total. The van der Waals surface area contributed by atoms with Gasteiger partial charge in [0.2, 0.25) is 0 Å². The van der Waals surface area contributed by atoms with Crippen LogP contribution in [0, 0.1) is 0 Å². The van der Waals surface area contributed by atoms with Gasteiger partial charge in [-0.25, -0.2) is 4.79 Å². The Hall–Kier alpha value is -2.70. The van der Waals surface area contributed by atoms with Crippen LogP contribution in [-0.4, -0.2) is 40.5 Å². The van der Waals surface area contributed by atoms with Gasteiger partial charge in [0.05, 0.1) is 18.3 Å². The molecule has 2 amide bonds. The van der Waals surface area contributed by atoms with Crippen molar-refractivity contribution in [1.29, 1.82) is 0 Å². The molecule has 2 atom stereocenters. The maximum absolute atomic E-state index is 12.8. The van der Waals surface area contributed by atoms with Crippen molar-refractivity contribution in [3.05, 3.63) is 41.7 Å². The molecule has 1 aromatic heterocycles. The number of likely N-dealkylation sites (tertiary alicyclic amines) is 1. The predicted molar refractivity (Wildman–Crippen MR) is 96.3 cm³/mol. The third-order valence-corrected chi connectivity index (χ3v) is 5.03. The first-order chi connectivity index (χ1) is 12.6.